The van der Waals surface area contributed by atoms with Gasteiger partial charge in [-0.3, -0.25) is 4.90 Å². The molecule has 20 heavy (non-hydrogen) atoms. The minimum Gasteiger partial charge on any atom is -0.330 e. The van der Waals surface area contributed by atoms with Gasteiger partial charge >= 0.3 is 0 Å². The SMILES string of the molecule is NCCCc1cccc(CN2CC3CC2CS3(=O)=O)c1. The molecule has 0 spiro atoms. The van der Waals surface area contributed by atoms with Crippen molar-refractivity contribution in [3.8, 4) is 0 Å². The number of rotatable bonds is 5. The van der Waals surface area contributed by atoms with Crippen LogP contribution in [0, 0.1) is 0 Å². The zero-order valence-corrected chi connectivity index (χ0v) is 12.5. The average molecular weight is 294 g/mol. The first kappa shape index (κ1) is 14.0. The van der Waals surface area contributed by atoms with E-state index in [0.717, 1.165) is 32.4 Å². The molecule has 2 bridgehead atoms. The van der Waals surface area contributed by atoms with Gasteiger partial charge in [-0.1, -0.05) is 24.3 Å². The summed E-state index contributed by atoms with van der Waals surface area (Å²) in [7, 11) is -2.79. The van der Waals surface area contributed by atoms with Gasteiger partial charge in [-0.15, -0.1) is 0 Å². The highest BCUT2D eigenvalue weighted by atomic mass is 32.2. The number of hydrogen-bond acceptors (Lipinski definition) is 4. The number of benzene rings is 1. The third-order valence-electron chi connectivity index (χ3n) is 4.47. The Bertz CT molecular complexity index is 585. The van der Waals surface area contributed by atoms with Crippen LogP contribution in [-0.4, -0.2) is 43.5 Å². The van der Waals surface area contributed by atoms with Gasteiger partial charge in [0.15, 0.2) is 9.84 Å². The Hall–Kier alpha value is -0.910. The highest BCUT2D eigenvalue weighted by Crippen LogP contribution is 2.33. The van der Waals surface area contributed by atoms with Crippen molar-refractivity contribution < 1.29 is 8.42 Å². The number of fused-ring (bicyclic) bond motifs is 2. The summed E-state index contributed by atoms with van der Waals surface area (Å²) in [6.45, 7) is 2.30. The van der Waals surface area contributed by atoms with Crippen molar-refractivity contribution in [3.05, 3.63) is 35.4 Å². The molecule has 2 fully saturated rings. The van der Waals surface area contributed by atoms with Crippen molar-refractivity contribution in [2.24, 2.45) is 5.73 Å². The molecule has 0 aromatic heterocycles. The molecule has 110 valence electrons. The number of aryl methyl sites for hydroxylation is 1. The summed E-state index contributed by atoms with van der Waals surface area (Å²) in [5.41, 5.74) is 8.15. The van der Waals surface area contributed by atoms with E-state index in [1.165, 1.54) is 11.1 Å². The summed E-state index contributed by atoms with van der Waals surface area (Å²) >= 11 is 0. The quantitative estimate of drug-likeness (QED) is 0.878. The Labute approximate surface area is 120 Å². The predicted octanol–water partition coefficient (Wildman–Crippen LogP) is 0.949. The smallest absolute Gasteiger partial charge is 0.156 e. The van der Waals surface area contributed by atoms with Gasteiger partial charge in [-0.25, -0.2) is 8.42 Å². The summed E-state index contributed by atoms with van der Waals surface area (Å²) in [6, 6.07) is 8.83. The molecule has 2 N–H and O–H groups in total. The zero-order chi connectivity index (χ0) is 14.2. The molecule has 2 saturated heterocycles. The third-order valence-corrected chi connectivity index (χ3v) is 6.68. The molecule has 4 nitrogen and oxygen atoms in total. The van der Waals surface area contributed by atoms with Crippen molar-refractivity contribution in [3.63, 3.8) is 0 Å². The van der Waals surface area contributed by atoms with E-state index in [-0.39, 0.29) is 11.3 Å². The molecule has 0 aliphatic carbocycles. The summed E-state index contributed by atoms with van der Waals surface area (Å²) < 4.78 is 23.5. The van der Waals surface area contributed by atoms with Crippen LogP contribution in [0.15, 0.2) is 24.3 Å². The van der Waals surface area contributed by atoms with Gasteiger partial charge in [0.1, 0.15) is 0 Å². The molecule has 3 rings (SSSR count). The highest BCUT2D eigenvalue weighted by Gasteiger charge is 2.47. The van der Waals surface area contributed by atoms with Crippen LogP contribution in [0.3, 0.4) is 0 Å². The van der Waals surface area contributed by atoms with Gasteiger partial charge in [0.2, 0.25) is 0 Å². The topological polar surface area (TPSA) is 63.4 Å². The lowest BCUT2D eigenvalue weighted by Gasteiger charge is -2.26. The number of sulfone groups is 1. The first-order valence-corrected chi connectivity index (χ1v) is 9.03. The summed E-state index contributed by atoms with van der Waals surface area (Å²) in [4.78, 5) is 2.33. The maximum atomic E-state index is 11.8. The van der Waals surface area contributed by atoms with E-state index in [1.807, 2.05) is 0 Å². The van der Waals surface area contributed by atoms with E-state index in [9.17, 15) is 8.42 Å². The van der Waals surface area contributed by atoms with Crippen molar-refractivity contribution in [1.29, 1.82) is 0 Å². The Kier molecular flexibility index (Phi) is 3.84. The molecule has 0 saturated carbocycles. The van der Waals surface area contributed by atoms with E-state index in [4.69, 9.17) is 5.73 Å². The standard InChI is InChI=1S/C15H22N2O2S/c16-6-2-5-12-3-1-4-13(7-12)9-17-10-15-8-14(17)11-20(15,18)19/h1,3-4,7,14-15H,2,5-6,8-11,16H2. The van der Waals surface area contributed by atoms with Crippen LogP contribution >= 0.6 is 0 Å². The molecule has 0 radical (unpaired) electrons. The van der Waals surface area contributed by atoms with Crippen molar-refractivity contribution in [2.45, 2.75) is 37.1 Å². The van der Waals surface area contributed by atoms with E-state index >= 15 is 0 Å². The first-order chi connectivity index (χ1) is 9.58. The van der Waals surface area contributed by atoms with Crippen LogP contribution in [0.1, 0.15) is 24.0 Å². The van der Waals surface area contributed by atoms with Crippen molar-refractivity contribution in [2.75, 3.05) is 18.8 Å². The van der Waals surface area contributed by atoms with Gasteiger partial charge in [0.25, 0.3) is 0 Å². The molecule has 2 aliphatic rings. The van der Waals surface area contributed by atoms with Crippen LogP contribution in [0.2, 0.25) is 0 Å². The van der Waals surface area contributed by atoms with E-state index < -0.39 is 9.84 Å². The van der Waals surface area contributed by atoms with Crippen LogP contribution < -0.4 is 5.73 Å². The van der Waals surface area contributed by atoms with E-state index in [2.05, 4.69) is 29.2 Å². The Morgan fingerprint density at radius 3 is 2.75 bits per heavy atom. The van der Waals surface area contributed by atoms with Gasteiger partial charge in [0.05, 0.1) is 11.0 Å². The normalized spacial score (nSPS) is 28.1. The first-order valence-electron chi connectivity index (χ1n) is 7.32. The molecular formula is C15H22N2O2S. The second-order valence-electron chi connectivity index (χ2n) is 5.98. The minimum atomic E-state index is -2.79. The number of likely N-dealkylation sites (tertiary alicyclic amines) is 1. The lowest BCUT2D eigenvalue weighted by Crippen LogP contribution is -2.39. The lowest BCUT2D eigenvalue weighted by atomic mass is 10.1. The van der Waals surface area contributed by atoms with Crippen LogP contribution in [-0.2, 0) is 22.8 Å². The monoisotopic (exact) mass is 294 g/mol. The number of hydrogen-bond donors (Lipinski definition) is 1. The Morgan fingerprint density at radius 1 is 1.30 bits per heavy atom. The Balaban J connectivity index is 1.65. The summed E-state index contributed by atoms with van der Waals surface area (Å²) in [5.74, 6) is 0.352. The molecule has 5 heteroatoms. The van der Waals surface area contributed by atoms with Crippen LogP contribution in [0.25, 0.3) is 0 Å². The fourth-order valence-corrected chi connectivity index (χ4v) is 5.48. The van der Waals surface area contributed by atoms with Gasteiger partial charge in [-0.2, -0.15) is 0 Å². The second-order valence-corrected chi connectivity index (χ2v) is 8.31. The maximum Gasteiger partial charge on any atom is 0.156 e. The number of nitrogens with zero attached hydrogens (tertiary/aromatic N) is 1. The average Bonchev–Trinajstić information content (AvgIpc) is 2.92. The van der Waals surface area contributed by atoms with Crippen LogP contribution in [0.4, 0.5) is 0 Å². The molecule has 1 aromatic rings. The maximum absolute atomic E-state index is 11.8. The number of nitrogens with two attached hydrogens (primary N) is 1. The van der Waals surface area contributed by atoms with E-state index in [0.29, 0.717) is 12.3 Å². The molecule has 0 amide bonds. The fourth-order valence-electron chi connectivity index (χ4n) is 3.39. The molecule has 2 heterocycles. The highest BCUT2D eigenvalue weighted by molar-refractivity contribution is 7.92. The molecule has 1 aromatic carbocycles. The molecular weight excluding hydrogens is 272 g/mol. The fraction of sp³-hybridized carbons (Fsp3) is 0.600. The third kappa shape index (κ3) is 2.75. The van der Waals surface area contributed by atoms with Crippen molar-refractivity contribution in [1.82, 2.24) is 4.90 Å². The van der Waals surface area contributed by atoms with Gasteiger partial charge in [-0.05, 0) is 36.9 Å². The van der Waals surface area contributed by atoms with E-state index in [1.54, 1.807) is 0 Å². The lowest BCUT2D eigenvalue weighted by molar-refractivity contribution is 0.257. The minimum absolute atomic E-state index is 0.118. The molecule has 2 aliphatic heterocycles. The zero-order valence-electron chi connectivity index (χ0n) is 11.7. The summed E-state index contributed by atoms with van der Waals surface area (Å²) in [6.07, 6.45) is 2.86. The van der Waals surface area contributed by atoms with Crippen molar-refractivity contribution >= 4 is 9.84 Å². The van der Waals surface area contributed by atoms with Gasteiger partial charge < -0.3 is 5.73 Å². The summed E-state index contributed by atoms with van der Waals surface area (Å²) in [5, 5.41) is -0.118. The second kappa shape index (κ2) is 5.47. The predicted molar refractivity (Wildman–Crippen MR) is 80.2 cm³/mol. The van der Waals surface area contributed by atoms with Gasteiger partial charge in [0, 0.05) is 19.1 Å². The molecule has 2 unspecified atom stereocenters. The Morgan fingerprint density at radius 2 is 2.10 bits per heavy atom. The van der Waals surface area contributed by atoms with Crippen LogP contribution in [0.5, 0.6) is 0 Å². The largest absolute Gasteiger partial charge is 0.330 e. The molecule has 2 atom stereocenters.